The van der Waals surface area contributed by atoms with Gasteiger partial charge >= 0.3 is 0 Å². The van der Waals surface area contributed by atoms with Crippen molar-refractivity contribution in [3.8, 4) is 0 Å². The molecule has 1 heterocycles. The minimum atomic E-state index is -0.853. The Bertz CT molecular complexity index is 811. The van der Waals surface area contributed by atoms with Crippen LogP contribution in [0.2, 0.25) is 0 Å². The summed E-state index contributed by atoms with van der Waals surface area (Å²) in [4.78, 5) is 14.8. The van der Waals surface area contributed by atoms with E-state index in [1.54, 1.807) is 6.07 Å². The molecule has 1 aliphatic heterocycles. The van der Waals surface area contributed by atoms with E-state index < -0.39 is 11.6 Å². The summed E-state index contributed by atoms with van der Waals surface area (Å²) < 4.78 is 26.6. The Labute approximate surface area is 151 Å². The van der Waals surface area contributed by atoms with E-state index in [0.29, 0.717) is 31.6 Å². The molecule has 3 nitrogen and oxygen atoms in total. The van der Waals surface area contributed by atoms with Crippen molar-refractivity contribution in [1.29, 1.82) is 0 Å². The van der Waals surface area contributed by atoms with E-state index in [2.05, 4.69) is 12.1 Å². The molecule has 1 saturated heterocycles. The minimum absolute atomic E-state index is 0.00954. The van der Waals surface area contributed by atoms with Crippen molar-refractivity contribution < 1.29 is 13.6 Å². The quantitative estimate of drug-likeness (QED) is 0.914. The fourth-order valence-corrected chi connectivity index (χ4v) is 4.18. The van der Waals surface area contributed by atoms with Gasteiger partial charge in [-0.25, -0.2) is 8.78 Å². The maximum absolute atomic E-state index is 13.4. The summed E-state index contributed by atoms with van der Waals surface area (Å²) in [5.41, 5.74) is 7.87. The molecule has 4 rings (SSSR count). The van der Waals surface area contributed by atoms with E-state index in [-0.39, 0.29) is 29.6 Å². The van der Waals surface area contributed by atoms with Gasteiger partial charge in [0.1, 0.15) is 0 Å². The zero-order valence-electron chi connectivity index (χ0n) is 14.4. The fourth-order valence-electron chi connectivity index (χ4n) is 4.18. The van der Waals surface area contributed by atoms with Gasteiger partial charge in [0.25, 0.3) is 0 Å². The van der Waals surface area contributed by atoms with Gasteiger partial charge in [-0.05, 0) is 48.1 Å². The molecule has 26 heavy (non-hydrogen) atoms. The highest BCUT2D eigenvalue weighted by atomic mass is 19.2. The Morgan fingerprint density at radius 1 is 1.00 bits per heavy atom. The number of nitrogens with two attached hydrogens (primary N) is 1. The van der Waals surface area contributed by atoms with Crippen LogP contribution in [0.15, 0.2) is 48.5 Å². The van der Waals surface area contributed by atoms with Gasteiger partial charge in [0.2, 0.25) is 5.91 Å². The summed E-state index contributed by atoms with van der Waals surface area (Å²) in [7, 11) is 0. The lowest BCUT2D eigenvalue weighted by atomic mass is 9.89. The molecule has 4 atom stereocenters. The number of carbonyl (C=O) groups excluding carboxylic acids is 1. The van der Waals surface area contributed by atoms with E-state index in [1.807, 2.05) is 23.1 Å². The molecule has 5 heteroatoms. The number of rotatable bonds is 4. The number of benzene rings is 2. The zero-order valence-corrected chi connectivity index (χ0v) is 14.4. The molecular weight excluding hydrogens is 334 g/mol. The number of halogens is 2. The summed E-state index contributed by atoms with van der Waals surface area (Å²) in [6, 6.07) is 14.1. The summed E-state index contributed by atoms with van der Waals surface area (Å²) >= 11 is 0. The lowest BCUT2D eigenvalue weighted by Crippen LogP contribution is -2.31. The van der Waals surface area contributed by atoms with Crippen LogP contribution < -0.4 is 5.73 Å². The van der Waals surface area contributed by atoms with Gasteiger partial charge in [-0.2, -0.15) is 0 Å². The van der Waals surface area contributed by atoms with E-state index in [9.17, 15) is 13.6 Å². The summed E-state index contributed by atoms with van der Waals surface area (Å²) in [6.07, 6.45) is 0.698. The molecule has 1 aliphatic carbocycles. The normalized spacial score (nSPS) is 27.6. The van der Waals surface area contributed by atoms with Gasteiger partial charge in [0.15, 0.2) is 11.6 Å². The average Bonchev–Trinajstić information content (AvgIpc) is 3.34. The standard InChI is InChI=1S/C21H22F2N2O/c22-19-7-6-14(8-20(19)23)16-9-17(16)21(26)25-11-15(10-24)18(12-25)13-4-2-1-3-5-13/h1-8,15-18H,9-12,24H2/t15-,16?,17?,18+/m1/s1. The van der Waals surface area contributed by atoms with Gasteiger partial charge < -0.3 is 10.6 Å². The van der Waals surface area contributed by atoms with E-state index in [4.69, 9.17) is 5.73 Å². The molecule has 2 fully saturated rings. The van der Waals surface area contributed by atoms with Crippen LogP contribution in [-0.4, -0.2) is 30.4 Å². The average molecular weight is 356 g/mol. The molecule has 1 saturated carbocycles. The first-order valence-corrected chi connectivity index (χ1v) is 9.07. The molecule has 2 unspecified atom stereocenters. The van der Waals surface area contributed by atoms with Crippen LogP contribution >= 0.6 is 0 Å². The molecule has 0 radical (unpaired) electrons. The molecule has 0 spiro atoms. The van der Waals surface area contributed by atoms with Crippen LogP contribution in [0.1, 0.15) is 29.4 Å². The van der Waals surface area contributed by atoms with Gasteiger partial charge in [-0.3, -0.25) is 4.79 Å². The number of carbonyl (C=O) groups is 1. The van der Waals surface area contributed by atoms with E-state index in [1.165, 1.54) is 11.6 Å². The van der Waals surface area contributed by atoms with Crippen LogP contribution in [0.5, 0.6) is 0 Å². The summed E-state index contributed by atoms with van der Waals surface area (Å²) in [6.45, 7) is 1.88. The van der Waals surface area contributed by atoms with Gasteiger partial charge in [-0.15, -0.1) is 0 Å². The maximum atomic E-state index is 13.4. The maximum Gasteiger partial charge on any atom is 0.226 e. The van der Waals surface area contributed by atoms with Gasteiger partial charge in [0.05, 0.1) is 0 Å². The van der Waals surface area contributed by atoms with Crippen LogP contribution in [0.3, 0.4) is 0 Å². The van der Waals surface area contributed by atoms with E-state index >= 15 is 0 Å². The molecular formula is C21H22F2N2O. The van der Waals surface area contributed by atoms with Gasteiger partial charge in [0, 0.05) is 24.9 Å². The van der Waals surface area contributed by atoms with Crippen LogP contribution in [-0.2, 0) is 4.79 Å². The highest BCUT2D eigenvalue weighted by Crippen LogP contribution is 2.49. The lowest BCUT2D eigenvalue weighted by Gasteiger charge is -2.17. The summed E-state index contributed by atoms with van der Waals surface area (Å²) in [5.74, 6) is -1.23. The Kier molecular flexibility index (Phi) is 4.49. The highest BCUT2D eigenvalue weighted by Gasteiger charge is 2.48. The third kappa shape index (κ3) is 3.12. The fraction of sp³-hybridized carbons (Fsp3) is 0.381. The van der Waals surface area contributed by atoms with Crippen molar-refractivity contribution in [3.63, 3.8) is 0 Å². The third-order valence-corrected chi connectivity index (χ3v) is 5.76. The topological polar surface area (TPSA) is 46.3 Å². The second-order valence-corrected chi connectivity index (χ2v) is 7.38. The molecule has 2 aromatic carbocycles. The minimum Gasteiger partial charge on any atom is -0.341 e. The predicted octanol–water partition coefficient (Wildman–Crippen LogP) is 3.27. The summed E-state index contributed by atoms with van der Waals surface area (Å²) in [5, 5.41) is 0. The lowest BCUT2D eigenvalue weighted by molar-refractivity contribution is -0.131. The molecule has 1 amide bonds. The first kappa shape index (κ1) is 17.2. The van der Waals surface area contributed by atoms with Crippen molar-refractivity contribution in [3.05, 3.63) is 71.3 Å². The first-order valence-electron chi connectivity index (χ1n) is 9.07. The molecule has 2 aromatic rings. The Morgan fingerprint density at radius 3 is 2.46 bits per heavy atom. The largest absolute Gasteiger partial charge is 0.341 e. The molecule has 136 valence electrons. The van der Waals surface area contributed by atoms with Crippen molar-refractivity contribution in [1.82, 2.24) is 4.90 Å². The van der Waals surface area contributed by atoms with E-state index in [0.717, 1.165) is 6.07 Å². The third-order valence-electron chi connectivity index (χ3n) is 5.76. The second-order valence-electron chi connectivity index (χ2n) is 7.38. The Balaban J connectivity index is 1.45. The second kappa shape index (κ2) is 6.80. The Hall–Kier alpha value is -2.27. The molecule has 2 aliphatic rings. The monoisotopic (exact) mass is 356 g/mol. The number of nitrogens with zero attached hydrogens (tertiary/aromatic N) is 1. The zero-order chi connectivity index (χ0) is 18.3. The van der Waals surface area contributed by atoms with Crippen molar-refractivity contribution in [2.75, 3.05) is 19.6 Å². The van der Waals surface area contributed by atoms with Crippen LogP contribution in [0, 0.1) is 23.5 Å². The van der Waals surface area contributed by atoms with Gasteiger partial charge in [-0.1, -0.05) is 36.4 Å². The number of hydrogen-bond acceptors (Lipinski definition) is 2. The van der Waals surface area contributed by atoms with Crippen LogP contribution in [0.25, 0.3) is 0 Å². The first-order chi connectivity index (χ1) is 12.6. The highest BCUT2D eigenvalue weighted by molar-refractivity contribution is 5.83. The molecule has 0 aromatic heterocycles. The smallest absolute Gasteiger partial charge is 0.226 e. The van der Waals surface area contributed by atoms with Crippen molar-refractivity contribution in [2.24, 2.45) is 17.6 Å². The predicted molar refractivity (Wildman–Crippen MR) is 95.5 cm³/mol. The Morgan fingerprint density at radius 2 is 1.77 bits per heavy atom. The number of amides is 1. The number of likely N-dealkylation sites (tertiary alicyclic amines) is 1. The SMILES string of the molecule is NC[C@@H]1CN(C(=O)C2CC2c2ccc(F)c(F)c2)C[C@H]1c1ccccc1. The van der Waals surface area contributed by atoms with Crippen molar-refractivity contribution in [2.45, 2.75) is 18.3 Å². The molecule has 2 N–H and O–H groups in total. The number of hydrogen-bond donors (Lipinski definition) is 1. The van der Waals surface area contributed by atoms with Crippen molar-refractivity contribution >= 4 is 5.91 Å². The molecule has 0 bridgehead atoms. The van der Waals surface area contributed by atoms with Crippen LogP contribution in [0.4, 0.5) is 8.78 Å².